The summed E-state index contributed by atoms with van der Waals surface area (Å²) in [5.74, 6) is 1.62. The number of ether oxygens (including phenoxy) is 1. The van der Waals surface area contributed by atoms with Crippen LogP contribution in [-0.2, 0) is 5.60 Å². The number of aliphatic imine (C=N–C) groups is 1. The van der Waals surface area contributed by atoms with Crippen LogP contribution in [0.2, 0.25) is 0 Å². The number of para-hydroxylation sites is 1. The Labute approximate surface area is 158 Å². The van der Waals surface area contributed by atoms with Gasteiger partial charge in [0.15, 0.2) is 5.96 Å². The third-order valence-electron chi connectivity index (χ3n) is 3.89. The first-order chi connectivity index (χ1) is 11.1. The van der Waals surface area contributed by atoms with Crippen LogP contribution in [0.3, 0.4) is 0 Å². The van der Waals surface area contributed by atoms with Crippen molar-refractivity contribution in [3.8, 4) is 5.75 Å². The lowest BCUT2D eigenvalue weighted by Crippen LogP contribution is -2.38. The Bertz CT molecular complexity index is 686. The van der Waals surface area contributed by atoms with E-state index in [0.717, 1.165) is 17.7 Å². The highest BCUT2D eigenvalue weighted by atomic mass is 127. The Morgan fingerprint density at radius 2 is 2.17 bits per heavy atom. The molecule has 2 atom stereocenters. The number of rotatable bonds is 4. The number of fused-ring (bicyclic) bond motifs is 1. The second kappa shape index (κ2) is 7.89. The van der Waals surface area contributed by atoms with Crippen LogP contribution in [0, 0.1) is 0 Å². The van der Waals surface area contributed by atoms with Crippen molar-refractivity contribution < 1.29 is 14.3 Å². The molecule has 0 aliphatic carbocycles. The normalized spacial score (nSPS) is 19.4. The number of furan rings is 1. The Kier molecular flexibility index (Phi) is 6.11. The lowest BCUT2D eigenvalue weighted by atomic mass is 10.0. The fourth-order valence-electron chi connectivity index (χ4n) is 2.62. The minimum absolute atomic E-state index is 0. The van der Waals surface area contributed by atoms with Crippen LogP contribution in [0.1, 0.15) is 30.7 Å². The van der Waals surface area contributed by atoms with Crippen molar-refractivity contribution in [1.82, 2.24) is 5.32 Å². The molecule has 1 aliphatic rings. The summed E-state index contributed by atoms with van der Waals surface area (Å²) in [5.41, 5.74) is 5.85. The van der Waals surface area contributed by atoms with E-state index >= 15 is 0 Å². The molecule has 6 nitrogen and oxygen atoms in total. The zero-order chi connectivity index (χ0) is 16.3. The van der Waals surface area contributed by atoms with Gasteiger partial charge in [-0.25, -0.2) is 4.99 Å². The summed E-state index contributed by atoms with van der Waals surface area (Å²) in [5, 5.41) is 13.6. The van der Waals surface area contributed by atoms with Crippen molar-refractivity contribution >= 4 is 29.9 Å². The van der Waals surface area contributed by atoms with Crippen LogP contribution in [0.15, 0.2) is 52.1 Å². The Balaban J connectivity index is 0.00000208. The van der Waals surface area contributed by atoms with E-state index in [1.165, 1.54) is 6.26 Å². The number of nitrogens with zero attached hydrogens (tertiary/aromatic N) is 1. The van der Waals surface area contributed by atoms with Gasteiger partial charge in [-0.05, 0) is 25.1 Å². The van der Waals surface area contributed by atoms with E-state index in [0.29, 0.717) is 18.3 Å². The molecule has 0 spiro atoms. The number of hydrogen-bond acceptors (Lipinski definition) is 4. The van der Waals surface area contributed by atoms with Crippen LogP contribution in [-0.4, -0.2) is 24.2 Å². The highest BCUT2D eigenvalue weighted by Gasteiger charge is 2.26. The lowest BCUT2D eigenvalue weighted by molar-refractivity contribution is 0.0437. The van der Waals surface area contributed by atoms with E-state index in [1.54, 1.807) is 19.1 Å². The molecule has 0 bridgehead atoms. The topological polar surface area (TPSA) is 93.0 Å². The third-order valence-corrected chi connectivity index (χ3v) is 3.89. The molecule has 1 aromatic heterocycles. The van der Waals surface area contributed by atoms with Crippen molar-refractivity contribution in [1.29, 1.82) is 0 Å². The van der Waals surface area contributed by atoms with Crippen molar-refractivity contribution in [2.24, 2.45) is 10.7 Å². The minimum atomic E-state index is -1.19. The number of aliphatic hydroxyl groups is 1. The number of hydrogen-bond donors (Lipinski definition) is 3. The Morgan fingerprint density at radius 1 is 1.38 bits per heavy atom. The molecule has 0 amide bonds. The molecule has 2 aromatic rings. The lowest BCUT2D eigenvalue weighted by Gasteiger charge is -2.27. The zero-order valence-corrected chi connectivity index (χ0v) is 15.8. The maximum Gasteiger partial charge on any atom is 0.189 e. The van der Waals surface area contributed by atoms with Crippen molar-refractivity contribution in [2.75, 3.05) is 13.2 Å². The fraction of sp³-hybridized carbons (Fsp3) is 0.353. The van der Waals surface area contributed by atoms with Gasteiger partial charge in [0.05, 0.1) is 25.5 Å². The highest BCUT2D eigenvalue weighted by molar-refractivity contribution is 14.0. The van der Waals surface area contributed by atoms with E-state index in [9.17, 15) is 5.11 Å². The standard InChI is InChI=1S/C17H21N3O3.HI/c1-17(21,15-7-4-9-23-15)11-19-16(18)20-13-8-10-22-14-6-3-2-5-12(13)14;/h2-7,9,13,21H,8,10-11H2,1H3,(H3,18,19,20);1H. The van der Waals surface area contributed by atoms with E-state index in [-0.39, 0.29) is 36.6 Å². The number of benzene rings is 1. The second-order valence-corrected chi connectivity index (χ2v) is 5.82. The predicted octanol–water partition coefficient (Wildman–Crippen LogP) is 2.53. The van der Waals surface area contributed by atoms with Crippen LogP contribution in [0.25, 0.3) is 0 Å². The SMILES string of the molecule is CC(O)(CN=C(N)NC1CCOc2ccccc21)c1ccco1.I. The first-order valence-corrected chi connectivity index (χ1v) is 7.61. The fourth-order valence-corrected chi connectivity index (χ4v) is 2.62. The van der Waals surface area contributed by atoms with Crippen LogP contribution >= 0.6 is 24.0 Å². The average molecular weight is 443 g/mol. The molecule has 1 aliphatic heterocycles. The van der Waals surface area contributed by atoms with Crippen molar-refractivity contribution in [3.63, 3.8) is 0 Å². The maximum atomic E-state index is 10.4. The van der Waals surface area contributed by atoms with Gasteiger partial charge in [-0.15, -0.1) is 24.0 Å². The molecular formula is C17H22IN3O3. The Morgan fingerprint density at radius 3 is 2.92 bits per heavy atom. The third kappa shape index (κ3) is 4.21. The van der Waals surface area contributed by atoms with Crippen LogP contribution in [0.4, 0.5) is 0 Å². The van der Waals surface area contributed by atoms with Gasteiger partial charge in [0.1, 0.15) is 17.1 Å². The van der Waals surface area contributed by atoms with Crippen LogP contribution in [0.5, 0.6) is 5.75 Å². The van der Waals surface area contributed by atoms with Gasteiger partial charge in [0.2, 0.25) is 0 Å². The smallest absolute Gasteiger partial charge is 0.189 e. The summed E-state index contributed by atoms with van der Waals surface area (Å²) in [7, 11) is 0. The van der Waals surface area contributed by atoms with E-state index in [1.807, 2.05) is 24.3 Å². The first-order valence-electron chi connectivity index (χ1n) is 7.61. The number of nitrogens with two attached hydrogens (primary N) is 1. The van der Waals surface area contributed by atoms with Gasteiger partial charge in [0.25, 0.3) is 0 Å². The summed E-state index contributed by atoms with van der Waals surface area (Å²) >= 11 is 0. The second-order valence-electron chi connectivity index (χ2n) is 5.82. The van der Waals surface area contributed by atoms with E-state index < -0.39 is 5.60 Å². The number of halogens is 1. The summed E-state index contributed by atoms with van der Waals surface area (Å²) in [6.45, 7) is 2.39. The molecule has 2 unspecified atom stereocenters. The van der Waals surface area contributed by atoms with Gasteiger partial charge >= 0.3 is 0 Å². The highest BCUT2D eigenvalue weighted by Crippen LogP contribution is 2.31. The summed E-state index contributed by atoms with van der Waals surface area (Å²) in [6.07, 6.45) is 2.33. The first kappa shape index (κ1) is 18.6. The minimum Gasteiger partial charge on any atom is -0.493 e. The summed E-state index contributed by atoms with van der Waals surface area (Å²) in [6, 6.07) is 11.4. The molecule has 130 valence electrons. The zero-order valence-electron chi connectivity index (χ0n) is 13.4. The number of nitrogens with one attached hydrogen (secondary N) is 1. The monoisotopic (exact) mass is 443 g/mol. The summed E-state index contributed by atoms with van der Waals surface area (Å²) in [4.78, 5) is 4.25. The maximum absolute atomic E-state index is 10.4. The molecule has 7 heteroatoms. The largest absolute Gasteiger partial charge is 0.493 e. The van der Waals surface area contributed by atoms with Gasteiger partial charge in [-0.3, -0.25) is 0 Å². The van der Waals surface area contributed by atoms with E-state index in [4.69, 9.17) is 14.9 Å². The van der Waals surface area contributed by atoms with Crippen LogP contribution < -0.4 is 15.8 Å². The molecular weight excluding hydrogens is 421 g/mol. The van der Waals surface area contributed by atoms with Crippen molar-refractivity contribution in [2.45, 2.75) is 25.0 Å². The average Bonchev–Trinajstić information content (AvgIpc) is 3.09. The van der Waals surface area contributed by atoms with Gasteiger partial charge in [-0.2, -0.15) is 0 Å². The Hall–Kier alpha value is -1.74. The molecule has 1 aromatic carbocycles. The van der Waals surface area contributed by atoms with Gasteiger partial charge in [0, 0.05) is 12.0 Å². The van der Waals surface area contributed by atoms with E-state index in [2.05, 4.69) is 10.3 Å². The summed E-state index contributed by atoms with van der Waals surface area (Å²) < 4.78 is 10.9. The molecule has 0 radical (unpaired) electrons. The van der Waals surface area contributed by atoms with Crippen molar-refractivity contribution in [3.05, 3.63) is 54.0 Å². The molecule has 0 saturated heterocycles. The molecule has 2 heterocycles. The van der Waals surface area contributed by atoms with Gasteiger partial charge in [-0.1, -0.05) is 18.2 Å². The molecule has 0 saturated carbocycles. The quantitative estimate of drug-likeness (QED) is 0.384. The number of guanidine groups is 1. The molecule has 4 N–H and O–H groups in total. The molecule has 3 rings (SSSR count). The van der Waals surface area contributed by atoms with Gasteiger partial charge < -0.3 is 25.3 Å². The molecule has 0 fully saturated rings. The predicted molar refractivity (Wildman–Crippen MR) is 103 cm³/mol. The molecule has 24 heavy (non-hydrogen) atoms.